The predicted octanol–water partition coefficient (Wildman–Crippen LogP) is 4.41. The Balaban J connectivity index is 2.12. The van der Waals surface area contributed by atoms with Gasteiger partial charge >= 0.3 is 0 Å². The van der Waals surface area contributed by atoms with Gasteiger partial charge in [0.25, 0.3) is 0 Å². The van der Waals surface area contributed by atoms with Crippen molar-refractivity contribution in [2.45, 2.75) is 63.8 Å². The molecule has 0 radical (unpaired) electrons. The van der Waals surface area contributed by atoms with Crippen molar-refractivity contribution in [2.24, 2.45) is 0 Å². The van der Waals surface area contributed by atoms with E-state index in [1.54, 1.807) is 12.1 Å². The third kappa shape index (κ3) is 5.77. The second-order valence-electron chi connectivity index (χ2n) is 8.49. The molecule has 0 heterocycles. The Kier molecular flexibility index (Phi) is 6.88. The molecule has 0 aliphatic heterocycles. The van der Waals surface area contributed by atoms with Gasteiger partial charge in [0.2, 0.25) is 5.91 Å². The van der Waals surface area contributed by atoms with E-state index in [0.29, 0.717) is 11.6 Å². The molecule has 0 aromatic heterocycles. The van der Waals surface area contributed by atoms with Crippen LogP contribution in [0, 0.1) is 5.82 Å². The smallest absolute Gasteiger partial charge is 0.234 e. The summed E-state index contributed by atoms with van der Waals surface area (Å²) in [6.07, 6.45) is 2.21. The molecule has 1 saturated carbocycles. The molecule has 1 aromatic carbocycles. The number of halogens is 2. The van der Waals surface area contributed by atoms with E-state index >= 15 is 0 Å². The molecule has 1 aromatic rings. The highest BCUT2D eigenvalue weighted by Crippen LogP contribution is 2.37. The SMILES string of the molecule is CC(C)(C)[Si](C)(C)OC[C@@H](NC(=O)CNC1CC1)c1cccc(Cl)c1F. The molecular weight excluding hydrogens is 371 g/mol. The van der Waals surface area contributed by atoms with Crippen LogP contribution in [-0.4, -0.2) is 33.4 Å². The lowest BCUT2D eigenvalue weighted by molar-refractivity contribution is -0.121. The van der Waals surface area contributed by atoms with Gasteiger partial charge < -0.3 is 15.1 Å². The number of hydrogen-bond donors (Lipinski definition) is 2. The molecule has 2 N–H and O–H groups in total. The maximum atomic E-state index is 14.5. The number of benzene rings is 1. The van der Waals surface area contributed by atoms with Gasteiger partial charge in [0.05, 0.1) is 24.2 Å². The fraction of sp³-hybridized carbons (Fsp3) is 0.632. The van der Waals surface area contributed by atoms with Crippen LogP contribution >= 0.6 is 11.6 Å². The number of rotatable bonds is 8. The first kappa shape index (κ1) is 21.3. The van der Waals surface area contributed by atoms with Gasteiger partial charge in [-0.3, -0.25) is 4.79 Å². The van der Waals surface area contributed by atoms with Crippen molar-refractivity contribution in [3.63, 3.8) is 0 Å². The van der Waals surface area contributed by atoms with E-state index in [9.17, 15) is 9.18 Å². The minimum Gasteiger partial charge on any atom is -0.414 e. The molecule has 26 heavy (non-hydrogen) atoms. The normalized spacial score (nSPS) is 16.4. The maximum Gasteiger partial charge on any atom is 0.234 e. The zero-order chi connectivity index (χ0) is 19.5. The van der Waals surface area contributed by atoms with E-state index in [1.165, 1.54) is 6.07 Å². The first-order valence-electron chi connectivity index (χ1n) is 9.12. The number of hydrogen-bond acceptors (Lipinski definition) is 3. The monoisotopic (exact) mass is 400 g/mol. The lowest BCUT2D eigenvalue weighted by Crippen LogP contribution is -2.45. The zero-order valence-corrected chi connectivity index (χ0v) is 18.0. The van der Waals surface area contributed by atoms with Crippen LogP contribution < -0.4 is 10.6 Å². The van der Waals surface area contributed by atoms with E-state index < -0.39 is 20.2 Å². The van der Waals surface area contributed by atoms with Crippen molar-refractivity contribution in [3.05, 3.63) is 34.6 Å². The van der Waals surface area contributed by atoms with Crippen LogP contribution in [-0.2, 0) is 9.22 Å². The second-order valence-corrected chi connectivity index (χ2v) is 13.7. The fourth-order valence-electron chi connectivity index (χ4n) is 2.28. The number of amides is 1. The van der Waals surface area contributed by atoms with Crippen molar-refractivity contribution in [1.29, 1.82) is 0 Å². The first-order valence-corrected chi connectivity index (χ1v) is 12.4. The standard InChI is InChI=1S/C19H30ClFN2O2Si/c1-19(2,3)26(4,5)25-12-16(14-7-6-8-15(20)18(14)21)23-17(24)11-22-13-9-10-13/h6-8,13,16,22H,9-12H2,1-5H3,(H,23,24)/t16-/m1/s1. The molecule has 7 heteroatoms. The Hall–Kier alpha value is -0.953. The largest absolute Gasteiger partial charge is 0.414 e. The van der Waals surface area contributed by atoms with Crippen LogP contribution in [0.4, 0.5) is 4.39 Å². The van der Waals surface area contributed by atoms with Gasteiger partial charge in [-0.25, -0.2) is 4.39 Å². The van der Waals surface area contributed by atoms with Gasteiger partial charge in [0.1, 0.15) is 5.82 Å². The average molecular weight is 401 g/mol. The number of carbonyl (C=O) groups is 1. The van der Waals surface area contributed by atoms with Crippen molar-refractivity contribution < 1.29 is 13.6 Å². The minimum absolute atomic E-state index is 0.0297. The average Bonchev–Trinajstić information content (AvgIpc) is 3.35. The summed E-state index contributed by atoms with van der Waals surface area (Å²) >= 11 is 5.94. The van der Waals surface area contributed by atoms with E-state index in [-0.39, 0.29) is 29.1 Å². The molecule has 0 bridgehead atoms. The van der Waals surface area contributed by atoms with Gasteiger partial charge in [-0.05, 0) is 37.0 Å². The summed E-state index contributed by atoms with van der Waals surface area (Å²) in [7, 11) is -2.03. The number of nitrogens with one attached hydrogen (secondary N) is 2. The second kappa shape index (κ2) is 8.38. The maximum absolute atomic E-state index is 14.5. The molecular formula is C19H30ClFN2O2Si. The summed E-state index contributed by atoms with van der Waals surface area (Å²) in [5, 5.41) is 6.15. The van der Waals surface area contributed by atoms with Crippen LogP contribution in [0.1, 0.15) is 45.2 Å². The van der Waals surface area contributed by atoms with E-state index in [0.717, 1.165) is 12.8 Å². The summed E-state index contributed by atoms with van der Waals surface area (Å²) < 4.78 is 20.8. The van der Waals surface area contributed by atoms with Crippen molar-refractivity contribution in [3.8, 4) is 0 Å². The Labute approximate surface area is 162 Å². The van der Waals surface area contributed by atoms with Crippen molar-refractivity contribution >= 4 is 25.8 Å². The Bertz CT molecular complexity index is 645. The lowest BCUT2D eigenvalue weighted by Gasteiger charge is -2.37. The summed E-state index contributed by atoms with van der Waals surface area (Å²) in [4.78, 5) is 12.3. The van der Waals surface area contributed by atoms with Crippen LogP contribution in [0.2, 0.25) is 23.2 Å². The van der Waals surface area contributed by atoms with E-state index in [4.69, 9.17) is 16.0 Å². The van der Waals surface area contributed by atoms with Crippen LogP contribution in [0.3, 0.4) is 0 Å². The van der Waals surface area contributed by atoms with Gasteiger partial charge in [-0.1, -0.05) is 44.5 Å². The minimum atomic E-state index is -2.03. The highest BCUT2D eigenvalue weighted by atomic mass is 35.5. The summed E-state index contributed by atoms with van der Waals surface area (Å²) in [6, 6.07) is 4.70. The Morgan fingerprint density at radius 2 is 2.04 bits per heavy atom. The molecule has 146 valence electrons. The summed E-state index contributed by atoms with van der Waals surface area (Å²) in [5.74, 6) is -0.673. The van der Waals surface area contributed by atoms with E-state index in [2.05, 4.69) is 44.5 Å². The molecule has 4 nitrogen and oxygen atoms in total. The highest BCUT2D eigenvalue weighted by molar-refractivity contribution is 6.74. The Morgan fingerprint density at radius 1 is 1.38 bits per heavy atom. The fourth-order valence-corrected chi connectivity index (χ4v) is 3.48. The van der Waals surface area contributed by atoms with Gasteiger partial charge in [-0.2, -0.15) is 0 Å². The van der Waals surface area contributed by atoms with E-state index in [1.807, 2.05) is 0 Å². The summed E-state index contributed by atoms with van der Waals surface area (Å²) in [6.45, 7) is 11.2. The molecule has 2 rings (SSSR count). The quantitative estimate of drug-likeness (QED) is 0.635. The number of carbonyl (C=O) groups excluding carboxylic acids is 1. The topological polar surface area (TPSA) is 50.4 Å². The van der Waals surface area contributed by atoms with Crippen LogP contribution in [0.5, 0.6) is 0 Å². The molecule has 1 aliphatic rings. The van der Waals surface area contributed by atoms with Crippen LogP contribution in [0.25, 0.3) is 0 Å². The zero-order valence-electron chi connectivity index (χ0n) is 16.3. The third-order valence-corrected chi connectivity index (χ3v) is 10.0. The molecule has 0 spiro atoms. The molecule has 1 atom stereocenters. The molecule has 1 aliphatic carbocycles. The summed E-state index contributed by atoms with van der Waals surface area (Å²) in [5.41, 5.74) is 0.357. The van der Waals surface area contributed by atoms with Gasteiger partial charge in [0.15, 0.2) is 8.32 Å². The molecule has 0 saturated heterocycles. The molecule has 0 unspecified atom stereocenters. The van der Waals surface area contributed by atoms with Crippen molar-refractivity contribution in [2.75, 3.05) is 13.2 Å². The van der Waals surface area contributed by atoms with Crippen molar-refractivity contribution in [1.82, 2.24) is 10.6 Å². The first-order chi connectivity index (χ1) is 12.0. The lowest BCUT2D eigenvalue weighted by atomic mass is 10.1. The predicted molar refractivity (Wildman–Crippen MR) is 106 cm³/mol. The third-order valence-electron chi connectivity index (χ3n) is 5.24. The van der Waals surface area contributed by atoms with Gasteiger partial charge in [-0.15, -0.1) is 0 Å². The molecule has 1 amide bonds. The van der Waals surface area contributed by atoms with Gasteiger partial charge in [0, 0.05) is 11.6 Å². The Morgan fingerprint density at radius 3 is 2.62 bits per heavy atom. The highest BCUT2D eigenvalue weighted by Gasteiger charge is 2.38. The molecule has 1 fully saturated rings. The van der Waals surface area contributed by atoms with Crippen LogP contribution in [0.15, 0.2) is 18.2 Å².